The van der Waals surface area contributed by atoms with Crippen molar-refractivity contribution in [2.24, 2.45) is 0 Å². The lowest BCUT2D eigenvalue weighted by molar-refractivity contribution is 0.597. The predicted octanol–water partition coefficient (Wildman–Crippen LogP) is -0.160. The van der Waals surface area contributed by atoms with E-state index in [2.05, 4.69) is 4.98 Å². The van der Waals surface area contributed by atoms with Crippen LogP contribution in [-0.4, -0.2) is 9.55 Å². The monoisotopic (exact) mass is 179 g/mol. The third kappa shape index (κ3) is 2.30. The molecule has 1 aromatic rings. The second-order valence-corrected chi connectivity index (χ2v) is 2.53. The van der Waals surface area contributed by atoms with Crippen LogP contribution in [0.2, 0.25) is 0 Å². The van der Waals surface area contributed by atoms with Crippen molar-refractivity contribution in [1.29, 1.82) is 5.26 Å². The van der Waals surface area contributed by atoms with Gasteiger partial charge in [0.15, 0.2) is 0 Å². The number of aromatic amines is 1. The van der Waals surface area contributed by atoms with E-state index in [1.807, 2.05) is 6.07 Å². The van der Waals surface area contributed by atoms with Gasteiger partial charge in [-0.1, -0.05) is 0 Å². The second kappa shape index (κ2) is 4.26. The Labute approximate surface area is 74.3 Å². The number of hydrogen-bond acceptors (Lipinski definition) is 3. The van der Waals surface area contributed by atoms with Gasteiger partial charge in [-0.3, -0.25) is 9.36 Å². The number of rotatable bonds is 3. The van der Waals surface area contributed by atoms with E-state index in [4.69, 9.17) is 5.26 Å². The number of nitriles is 1. The fraction of sp³-hybridized carbons (Fsp3) is 0.375. The molecule has 0 aliphatic carbocycles. The van der Waals surface area contributed by atoms with E-state index >= 15 is 0 Å². The normalized spacial score (nSPS) is 9.46. The number of unbranched alkanes of at least 4 members (excludes halogenated alkanes) is 1. The SMILES string of the molecule is N#CCCCn1c(=O)cc[nH]c1=O. The molecule has 0 aliphatic rings. The fourth-order valence-electron chi connectivity index (χ4n) is 0.980. The molecule has 0 amide bonds. The van der Waals surface area contributed by atoms with E-state index < -0.39 is 5.69 Å². The van der Waals surface area contributed by atoms with Crippen LogP contribution in [0.4, 0.5) is 0 Å². The van der Waals surface area contributed by atoms with Gasteiger partial charge in [0.25, 0.3) is 5.56 Å². The largest absolute Gasteiger partial charge is 0.328 e. The molecule has 1 heterocycles. The van der Waals surface area contributed by atoms with Crippen LogP contribution in [0.5, 0.6) is 0 Å². The summed E-state index contributed by atoms with van der Waals surface area (Å²) in [5.41, 5.74) is -0.757. The van der Waals surface area contributed by atoms with Gasteiger partial charge >= 0.3 is 5.69 Å². The minimum atomic E-state index is -0.426. The molecular formula is C8H9N3O2. The Morgan fingerprint density at radius 2 is 2.31 bits per heavy atom. The molecule has 5 nitrogen and oxygen atoms in total. The number of nitrogens with zero attached hydrogens (tertiary/aromatic N) is 2. The maximum Gasteiger partial charge on any atom is 0.328 e. The maximum atomic E-state index is 11.1. The van der Waals surface area contributed by atoms with Gasteiger partial charge in [0.1, 0.15) is 0 Å². The molecule has 1 N–H and O–H groups in total. The third-order valence-electron chi connectivity index (χ3n) is 1.61. The lowest BCUT2D eigenvalue weighted by Gasteiger charge is -1.99. The van der Waals surface area contributed by atoms with Crippen molar-refractivity contribution in [3.8, 4) is 6.07 Å². The molecule has 0 bridgehead atoms. The topological polar surface area (TPSA) is 78.7 Å². The van der Waals surface area contributed by atoms with Gasteiger partial charge in [0.2, 0.25) is 0 Å². The van der Waals surface area contributed by atoms with Gasteiger partial charge in [-0.05, 0) is 6.42 Å². The van der Waals surface area contributed by atoms with Crippen LogP contribution in [0.1, 0.15) is 12.8 Å². The molecule has 0 unspecified atom stereocenters. The Hall–Kier alpha value is -1.83. The number of hydrogen-bond donors (Lipinski definition) is 1. The summed E-state index contributed by atoms with van der Waals surface area (Å²) in [6.07, 6.45) is 2.18. The number of H-pyrrole nitrogens is 1. The first-order valence-electron chi connectivity index (χ1n) is 3.91. The van der Waals surface area contributed by atoms with E-state index in [1.54, 1.807) is 0 Å². The number of aromatic nitrogens is 2. The molecule has 0 aromatic carbocycles. The smallest absolute Gasteiger partial charge is 0.314 e. The standard InChI is InChI=1S/C8H9N3O2/c9-4-1-2-6-11-7(12)3-5-10-8(11)13/h3,5H,1-2,6H2,(H,10,13). The highest BCUT2D eigenvalue weighted by molar-refractivity contribution is 4.83. The molecule has 0 aliphatic heterocycles. The van der Waals surface area contributed by atoms with Crippen LogP contribution in [0, 0.1) is 11.3 Å². The summed E-state index contributed by atoms with van der Waals surface area (Å²) in [6, 6.07) is 3.23. The molecule has 1 aromatic heterocycles. The second-order valence-electron chi connectivity index (χ2n) is 2.53. The van der Waals surface area contributed by atoms with Crippen LogP contribution in [-0.2, 0) is 6.54 Å². The van der Waals surface area contributed by atoms with E-state index in [9.17, 15) is 9.59 Å². The Morgan fingerprint density at radius 3 is 2.92 bits per heavy atom. The Bertz CT molecular complexity index is 396. The first-order valence-corrected chi connectivity index (χ1v) is 3.91. The van der Waals surface area contributed by atoms with Gasteiger partial charge in [-0.25, -0.2) is 4.79 Å². The minimum absolute atomic E-state index is 0.294. The summed E-state index contributed by atoms with van der Waals surface area (Å²) in [5.74, 6) is 0. The molecule has 0 fully saturated rings. The van der Waals surface area contributed by atoms with Crippen molar-refractivity contribution in [3.05, 3.63) is 33.1 Å². The highest BCUT2D eigenvalue weighted by atomic mass is 16.2. The van der Waals surface area contributed by atoms with Gasteiger partial charge < -0.3 is 4.98 Å². The van der Waals surface area contributed by atoms with Crippen LogP contribution >= 0.6 is 0 Å². The molecule has 0 spiro atoms. The van der Waals surface area contributed by atoms with Crippen LogP contribution < -0.4 is 11.2 Å². The zero-order chi connectivity index (χ0) is 9.68. The highest BCUT2D eigenvalue weighted by Crippen LogP contribution is 1.87. The zero-order valence-corrected chi connectivity index (χ0v) is 6.99. The van der Waals surface area contributed by atoms with Crippen LogP contribution in [0.15, 0.2) is 21.9 Å². The van der Waals surface area contributed by atoms with Crippen molar-refractivity contribution in [2.45, 2.75) is 19.4 Å². The van der Waals surface area contributed by atoms with Crippen molar-refractivity contribution in [1.82, 2.24) is 9.55 Å². The van der Waals surface area contributed by atoms with E-state index in [0.29, 0.717) is 19.4 Å². The first kappa shape index (κ1) is 9.26. The first-order chi connectivity index (χ1) is 6.25. The van der Waals surface area contributed by atoms with Crippen LogP contribution in [0.25, 0.3) is 0 Å². The summed E-state index contributed by atoms with van der Waals surface area (Å²) in [4.78, 5) is 24.5. The van der Waals surface area contributed by atoms with Gasteiger partial charge in [0, 0.05) is 25.2 Å². The molecule has 0 radical (unpaired) electrons. The average Bonchev–Trinajstić information content (AvgIpc) is 2.10. The van der Waals surface area contributed by atoms with E-state index in [-0.39, 0.29) is 5.56 Å². The Morgan fingerprint density at radius 1 is 1.54 bits per heavy atom. The zero-order valence-electron chi connectivity index (χ0n) is 6.99. The summed E-state index contributed by atoms with van der Waals surface area (Å²) in [6.45, 7) is 0.294. The minimum Gasteiger partial charge on any atom is -0.314 e. The van der Waals surface area contributed by atoms with Crippen molar-refractivity contribution in [3.63, 3.8) is 0 Å². The predicted molar refractivity (Wildman–Crippen MR) is 46.2 cm³/mol. The number of nitrogens with one attached hydrogen (secondary N) is 1. The summed E-state index contributed by atoms with van der Waals surface area (Å²) >= 11 is 0. The molecular weight excluding hydrogens is 170 g/mol. The van der Waals surface area contributed by atoms with Gasteiger partial charge in [-0.2, -0.15) is 5.26 Å². The molecule has 13 heavy (non-hydrogen) atoms. The molecule has 68 valence electrons. The van der Waals surface area contributed by atoms with E-state index in [1.165, 1.54) is 12.3 Å². The maximum absolute atomic E-state index is 11.1. The van der Waals surface area contributed by atoms with Gasteiger partial charge in [0.05, 0.1) is 6.07 Å². The Kier molecular flexibility index (Phi) is 3.03. The van der Waals surface area contributed by atoms with E-state index in [0.717, 1.165) is 4.57 Å². The summed E-state index contributed by atoms with van der Waals surface area (Å²) in [5, 5.41) is 8.26. The van der Waals surface area contributed by atoms with Crippen molar-refractivity contribution < 1.29 is 0 Å². The van der Waals surface area contributed by atoms with Crippen LogP contribution in [0.3, 0.4) is 0 Å². The molecule has 0 saturated heterocycles. The lowest BCUT2D eigenvalue weighted by atomic mass is 10.3. The van der Waals surface area contributed by atoms with Crippen molar-refractivity contribution in [2.75, 3.05) is 0 Å². The lowest BCUT2D eigenvalue weighted by Crippen LogP contribution is -2.33. The third-order valence-corrected chi connectivity index (χ3v) is 1.61. The molecule has 1 rings (SSSR count). The summed E-state index contributed by atoms with van der Waals surface area (Å²) in [7, 11) is 0. The van der Waals surface area contributed by atoms with Gasteiger partial charge in [-0.15, -0.1) is 0 Å². The quantitative estimate of drug-likeness (QED) is 0.655. The van der Waals surface area contributed by atoms with Crippen molar-refractivity contribution >= 4 is 0 Å². The summed E-state index contributed by atoms with van der Waals surface area (Å²) < 4.78 is 1.08. The fourth-order valence-corrected chi connectivity index (χ4v) is 0.980. The average molecular weight is 179 g/mol. The Balaban J connectivity index is 2.83. The molecule has 5 heteroatoms. The highest BCUT2D eigenvalue weighted by Gasteiger charge is 1.98. The molecule has 0 atom stereocenters. The molecule has 0 saturated carbocycles.